The molecule has 0 saturated heterocycles. The highest BCUT2D eigenvalue weighted by Gasteiger charge is 2.19. The van der Waals surface area contributed by atoms with E-state index in [1.807, 2.05) is 13.0 Å². The van der Waals surface area contributed by atoms with Crippen molar-refractivity contribution in [2.24, 2.45) is 0 Å². The summed E-state index contributed by atoms with van der Waals surface area (Å²) in [7, 11) is 0. The standard InChI is InChI=1S/C19H21FN4OS/c1-3-4-8-21-18(25)16-12(2)15-17(23-11-24-19(15)26-16)22-10-13-6-5-7-14(20)9-13/h5-7,9,11H,3-4,8,10H2,1-2H3,(H,21,25)(H,22,23,24). The number of unbranched alkanes of at least 4 members (excludes halogenated alkanes) is 1. The summed E-state index contributed by atoms with van der Waals surface area (Å²) in [5, 5.41) is 7.02. The first-order chi connectivity index (χ1) is 12.6. The molecule has 0 saturated carbocycles. The van der Waals surface area contributed by atoms with Crippen LogP contribution in [0.25, 0.3) is 10.2 Å². The number of carbonyl (C=O) groups excluding carboxylic acids is 1. The molecule has 0 atom stereocenters. The lowest BCUT2D eigenvalue weighted by atomic mass is 10.2. The second kappa shape index (κ2) is 8.23. The van der Waals surface area contributed by atoms with Crippen molar-refractivity contribution in [1.82, 2.24) is 15.3 Å². The van der Waals surface area contributed by atoms with Crippen molar-refractivity contribution in [2.75, 3.05) is 11.9 Å². The Morgan fingerprint density at radius 2 is 2.15 bits per heavy atom. The fourth-order valence-electron chi connectivity index (χ4n) is 2.71. The van der Waals surface area contributed by atoms with E-state index >= 15 is 0 Å². The van der Waals surface area contributed by atoms with E-state index < -0.39 is 0 Å². The SMILES string of the molecule is CCCCNC(=O)c1sc2ncnc(NCc3cccc(F)c3)c2c1C. The van der Waals surface area contributed by atoms with Crippen molar-refractivity contribution >= 4 is 33.3 Å². The van der Waals surface area contributed by atoms with Gasteiger partial charge >= 0.3 is 0 Å². The van der Waals surface area contributed by atoms with Crippen molar-refractivity contribution in [3.05, 3.63) is 52.4 Å². The van der Waals surface area contributed by atoms with Gasteiger partial charge in [0.1, 0.15) is 22.8 Å². The highest BCUT2D eigenvalue weighted by molar-refractivity contribution is 7.20. The van der Waals surface area contributed by atoms with Crippen LogP contribution in [-0.4, -0.2) is 22.4 Å². The van der Waals surface area contributed by atoms with E-state index in [9.17, 15) is 9.18 Å². The Morgan fingerprint density at radius 1 is 1.31 bits per heavy atom. The maximum atomic E-state index is 13.3. The van der Waals surface area contributed by atoms with Crippen molar-refractivity contribution in [1.29, 1.82) is 0 Å². The zero-order valence-corrected chi connectivity index (χ0v) is 15.6. The number of nitrogens with one attached hydrogen (secondary N) is 2. The number of rotatable bonds is 7. The molecule has 0 bridgehead atoms. The molecule has 0 unspecified atom stereocenters. The number of amides is 1. The number of aryl methyl sites for hydroxylation is 1. The molecule has 0 spiro atoms. The fraction of sp³-hybridized carbons (Fsp3) is 0.316. The number of halogens is 1. The quantitative estimate of drug-likeness (QED) is 0.608. The fourth-order valence-corrected chi connectivity index (χ4v) is 3.78. The zero-order chi connectivity index (χ0) is 18.5. The van der Waals surface area contributed by atoms with Crippen LogP contribution in [0.5, 0.6) is 0 Å². The van der Waals surface area contributed by atoms with Gasteiger partial charge in [-0.05, 0) is 36.6 Å². The van der Waals surface area contributed by atoms with Gasteiger partial charge in [0.15, 0.2) is 0 Å². The third kappa shape index (κ3) is 3.99. The molecule has 5 nitrogen and oxygen atoms in total. The molecule has 0 aliphatic heterocycles. The van der Waals surface area contributed by atoms with Gasteiger partial charge in [-0.2, -0.15) is 0 Å². The van der Waals surface area contributed by atoms with Gasteiger partial charge < -0.3 is 10.6 Å². The second-order valence-corrected chi connectivity index (χ2v) is 7.05. The third-order valence-corrected chi connectivity index (χ3v) is 5.30. The van der Waals surface area contributed by atoms with Crippen LogP contribution in [0.15, 0.2) is 30.6 Å². The predicted molar refractivity (Wildman–Crippen MR) is 103 cm³/mol. The smallest absolute Gasteiger partial charge is 0.261 e. The minimum atomic E-state index is -0.269. The summed E-state index contributed by atoms with van der Waals surface area (Å²) in [4.78, 5) is 22.5. The van der Waals surface area contributed by atoms with E-state index in [1.54, 1.807) is 6.07 Å². The van der Waals surface area contributed by atoms with Crippen LogP contribution in [0, 0.1) is 12.7 Å². The summed E-state index contributed by atoms with van der Waals surface area (Å²) in [5.74, 6) is 0.311. The molecule has 3 rings (SSSR count). The number of hydrogen-bond donors (Lipinski definition) is 2. The topological polar surface area (TPSA) is 66.9 Å². The van der Waals surface area contributed by atoms with Crippen LogP contribution >= 0.6 is 11.3 Å². The van der Waals surface area contributed by atoms with E-state index in [0.717, 1.165) is 34.2 Å². The van der Waals surface area contributed by atoms with Crippen LogP contribution < -0.4 is 10.6 Å². The molecule has 2 heterocycles. The van der Waals surface area contributed by atoms with Crippen LogP contribution in [-0.2, 0) is 6.54 Å². The molecule has 0 aliphatic carbocycles. The predicted octanol–water partition coefficient (Wildman–Crippen LogP) is 4.28. The first kappa shape index (κ1) is 18.3. The molecular formula is C19H21FN4OS. The van der Waals surface area contributed by atoms with Gasteiger partial charge in [0, 0.05) is 13.1 Å². The Hall–Kier alpha value is -2.54. The minimum Gasteiger partial charge on any atom is -0.365 e. The average Bonchev–Trinajstić information content (AvgIpc) is 2.98. The molecule has 0 radical (unpaired) electrons. The monoisotopic (exact) mass is 372 g/mol. The van der Waals surface area contributed by atoms with Gasteiger partial charge in [-0.25, -0.2) is 14.4 Å². The van der Waals surface area contributed by atoms with Gasteiger partial charge in [0.25, 0.3) is 5.91 Å². The highest BCUT2D eigenvalue weighted by atomic mass is 32.1. The van der Waals surface area contributed by atoms with Crippen LogP contribution in [0.3, 0.4) is 0 Å². The molecule has 1 amide bonds. The summed E-state index contributed by atoms with van der Waals surface area (Å²) >= 11 is 1.37. The lowest BCUT2D eigenvalue weighted by Crippen LogP contribution is -2.23. The number of anilines is 1. The first-order valence-corrected chi connectivity index (χ1v) is 9.42. The highest BCUT2D eigenvalue weighted by Crippen LogP contribution is 2.33. The molecule has 2 aromatic heterocycles. The Kier molecular flexibility index (Phi) is 5.78. The number of thiophene rings is 1. The van der Waals surface area contributed by atoms with Crippen LogP contribution in [0.2, 0.25) is 0 Å². The van der Waals surface area contributed by atoms with Gasteiger partial charge in [0.2, 0.25) is 0 Å². The summed E-state index contributed by atoms with van der Waals surface area (Å²) in [6, 6.07) is 6.43. The van der Waals surface area contributed by atoms with Crippen molar-refractivity contribution in [3.8, 4) is 0 Å². The summed E-state index contributed by atoms with van der Waals surface area (Å²) < 4.78 is 13.3. The lowest BCUT2D eigenvalue weighted by molar-refractivity contribution is 0.0956. The van der Waals surface area contributed by atoms with Crippen LogP contribution in [0.4, 0.5) is 10.2 Å². The molecule has 136 valence electrons. The van der Waals surface area contributed by atoms with Gasteiger partial charge in [-0.1, -0.05) is 25.5 Å². The third-order valence-electron chi connectivity index (χ3n) is 4.10. The molecule has 3 aromatic rings. The maximum absolute atomic E-state index is 13.3. The number of hydrogen-bond acceptors (Lipinski definition) is 5. The number of benzene rings is 1. The number of carbonyl (C=O) groups is 1. The van der Waals surface area contributed by atoms with E-state index in [2.05, 4.69) is 27.5 Å². The molecule has 26 heavy (non-hydrogen) atoms. The summed E-state index contributed by atoms with van der Waals surface area (Å²) in [5.41, 5.74) is 1.68. The van der Waals surface area contributed by atoms with E-state index in [-0.39, 0.29) is 11.7 Å². The van der Waals surface area contributed by atoms with E-state index in [4.69, 9.17) is 0 Å². The van der Waals surface area contributed by atoms with E-state index in [1.165, 1.54) is 29.8 Å². The Balaban J connectivity index is 1.84. The first-order valence-electron chi connectivity index (χ1n) is 8.60. The molecule has 0 fully saturated rings. The Bertz CT molecular complexity index is 925. The second-order valence-electron chi connectivity index (χ2n) is 6.05. The van der Waals surface area contributed by atoms with Gasteiger partial charge in [0.05, 0.1) is 10.3 Å². The maximum Gasteiger partial charge on any atom is 0.261 e. The summed E-state index contributed by atoms with van der Waals surface area (Å²) in [6.07, 6.45) is 3.46. The molecule has 7 heteroatoms. The number of fused-ring (bicyclic) bond motifs is 1. The number of nitrogens with zero attached hydrogens (tertiary/aromatic N) is 2. The van der Waals surface area contributed by atoms with Crippen molar-refractivity contribution in [3.63, 3.8) is 0 Å². The normalized spacial score (nSPS) is 10.9. The van der Waals surface area contributed by atoms with Gasteiger partial charge in [-0.15, -0.1) is 11.3 Å². The van der Waals surface area contributed by atoms with Crippen molar-refractivity contribution < 1.29 is 9.18 Å². The van der Waals surface area contributed by atoms with Crippen LogP contribution in [0.1, 0.15) is 40.6 Å². The number of aromatic nitrogens is 2. The molecular weight excluding hydrogens is 351 g/mol. The summed E-state index contributed by atoms with van der Waals surface area (Å²) in [6.45, 7) is 5.10. The Morgan fingerprint density at radius 3 is 2.92 bits per heavy atom. The Labute approximate surface area is 155 Å². The minimum absolute atomic E-state index is 0.0740. The zero-order valence-electron chi connectivity index (χ0n) is 14.8. The molecule has 2 N–H and O–H groups in total. The average molecular weight is 372 g/mol. The molecule has 1 aromatic carbocycles. The lowest BCUT2D eigenvalue weighted by Gasteiger charge is -2.08. The molecule has 0 aliphatic rings. The van der Waals surface area contributed by atoms with Gasteiger partial charge in [-0.3, -0.25) is 4.79 Å². The largest absolute Gasteiger partial charge is 0.365 e. The van der Waals surface area contributed by atoms with E-state index in [0.29, 0.717) is 23.8 Å². The van der Waals surface area contributed by atoms with Crippen molar-refractivity contribution in [2.45, 2.75) is 33.2 Å².